The predicted molar refractivity (Wildman–Crippen MR) is 52.6 cm³/mol. The van der Waals surface area contributed by atoms with Crippen molar-refractivity contribution in [2.45, 2.75) is 0 Å². The number of rotatable bonds is 0. The molecule has 0 N–H and O–H groups in total. The van der Waals surface area contributed by atoms with E-state index in [1.54, 1.807) is 12.4 Å². The van der Waals surface area contributed by atoms with Gasteiger partial charge >= 0.3 is 0 Å². The van der Waals surface area contributed by atoms with E-state index in [4.69, 9.17) is 0 Å². The fourth-order valence-electron chi connectivity index (χ4n) is 0.733. The quantitative estimate of drug-likeness (QED) is 0.522. The van der Waals surface area contributed by atoms with Gasteiger partial charge in [-0.15, -0.1) is 0 Å². The van der Waals surface area contributed by atoms with Crippen molar-refractivity contribution in [2.75, 3.05) is 0 Å². The molecule has 0 spiro atoms. The Morgan fingerprint density at radius 1 is 0.833 bits per heavy atom. The fourth-order valence-corrected chi connectivity index (χ4v) is 0.733. The Morgan fingerprint density at radius 2 is 1.42 bits per heavy atom. The van der Waals surface area contributed by atoms with Crippen molar-refractivity contribution >= 4 is 7.98 Å². The summed E-state index contributed by atoms with van der Waals surface area (Å²) in [4.78, 5) is 3.78. The molecule has 0 aliphatic rings. The highest BCUT2D eigenvalue weighted by Gasteiger charge is 1.68. The maximum absolute atomic E-state index is 3.78. The van der Waals surface area contributed by atoms with Gasteiger partial charge in [-0.3, -0.25) is 4.98 Å². The number of hydrogen-bond donors (Lipinski definition) is 0. The lowest BCUT2D eigenvalue weighted by atomic mass is 10.4. The molecule has 0 atom stereocenters. The van der Waals surface area contributed by atoms with Crippen LogP contribution in [-0.4, -0.2) is 17.4 Å². The van der Waals surface area contributed by atoms with Crippen LogP contribution in [0.1, 0.15) is 0 Å². The van der Waals surface area contributed by atoms with Crippen molar-refractivity contribution in [2.24, 2.45) is 0 Å². The number of nitrogens with zero attached hydrogens (tertiary/aromatic N) is 2. The third kappa shape index (κ3) is 3.61. The molecule has 12 heavy (non-hydrogen) atoms. The van der Waals surface area contributed by atoms with Gasteiger partial charge in [-0.05, 0) is 36.7 Å². The highest BCUT2D eigenvalue weighted by molar-refractivity contribution is 6.06. The van der Waals surface area contributed by atoms with E-state index in [0.717, 1.165) is 0 Å². The van der Waals surface area contributed by atoms with Gasteiger partial charge in [0.15, 0.2) is 0 Å². The molecule has 0 bridgehead atoms. The van der Waals surface area contributed by atoms with Gasteiger partial charge in [0, 0.05) is 12.4 Å². The van der Waals surface area contributed by atoms with E-state index >= 15 is 0 Å². The molecule has 0 saturated heterocycles. The average molecular weight is 158 g/mol. The normalized spacial score (nSPS) is 8.33. The topological polar surface area (TPSA) is 17.8 Å². The lowest BCUT2D eigenvalue weighted by Gasteiger charge is -1.78. The summed E-state index contributed by atoms with van der Waals surface area (Å²) in [5.41, 5.74) is 0. The predicted octanol–water partition coefficient (Wildman–Crippen LogP) is 0.966. The lowest BCUT2D eigenvalue weighted by molar-refractivity contribution is 1.26. The molecular formula is C9H11BN2. The van der Waals surface area contributed by atoms with Gasteiger partial charge in [0.05, 0.1) is 0 Å². The molecule has 0 fully saturated rings. The van der Waals surface area contributed by atoms with E-state index in [1.807, 2.05) is 55.2 Å². The summed E-state index contributed by atoms with van der Waals surface area (Å²) < 4.78 is 2.00. The first-order valence-electron chi connectivity index (χ1n) is 3.81. The van der Waals surface area contributed by atoms with Crippen molar-refractivity contribution in [1.82, 2.24) is 9.46 Å². The maximum atomic E-state index is 3.78. The van der Waals surface area contributed by atoms with Gasteiger partial charge in [0.2, 0.25) is 7.98 Å². The second-order valence-corrected chi connectivity index (χ2v) is 2.37. The molecule has 0 unspecified atom stereocenters. The number of aromatic nitrogens is 2. The van der Waals surface area contributed by atoms with Crippen molar-refractivity contribution in [3.05, 3.63) is 55.1 Å². The summed E-state index contributed by atoms with van der Waals surface area (Å²) in [5, 5.41) is 0. The van der Waals surface area contributed by atoms with Gasteiger partial charge < -0.3 is 4.48 Å². The van der Waals surface area contributed by atoms with E-state index in [0.29, 0.717) is 0 Å². The summed E-state index contributed by atoms with van der Waals surface area (Å²) in [6.45, 7) is 0. The first-order valence-corrected chi connectivity index (χ1v) is 3.81. The zero-order valence-corrected chi connectivity index (χ0v) is 7.09. The average Bonchev–Trinajstić information content (AvgIpc) is 2.60. The van der Waals surface area contributed by atoms with Gasteiger partial charge in [-0.2, -0.15) is 0 Å². The van der Waals surface area contributed by atoms with Crippen LogP contribution in [0.4, 0.5) is 0 Å². The van der Waals surface area contributed by atoms with Crippen LogP contribution in [0.2, 0.25) is 0 Å². The number of pyridine rings is 1. The minimum absolute atomic E-state index is 1.75. The monoisotopic (exact) mass is 158 g/mol. The first kappa shape index (κ1) is 8.59. The van der Waals surface area contributed by atoms with E-state index in [9.17, 15) is 0 Å². The van der Waals surface area contributed by atoms with Crippen LogP contribution in [0.25, 0.3) is 0 Å². The molecule has 2 aromatic heterocycles. The van der Waals surface area contributed by atoms with Crippen LogP contribution >= 0.6 is 0 Å². The van der Waals surface area contributed by atoms with Crippen molar-refractivity contribution in [3.63, 3.8) is 0 Å². The molecule has 0 saturated carbocycles. The zero-order chi connectivity index (χ0) is 8.65. The van der Waals surface area contributed by atoms with Gasteiger partial charge in [0.25, 0.3) is 0 Å². The Labute approximate surface area is 73.3 Å². The molecule has 2 nitrogen and oxygen atoms in total. The van der Waals surface area contributed by atoms with Crippen LogP contribution in [0.5, 0.6) is 0 Å². The van der Waals surface area contributed by atoms with Gasteiger partial charge in [0.1, 0.15) is 0 Å². The zero-order valence-electron chi connectivity index (χ0n) is 7.09. The lowest BCUT2D eigenvalue weighted by Crippen LogP contribution is -1.80. The molecule has 2 aromatic rings. The molecule has 0 aromatic carbocycles. The molecular weight excluding hydrogens is 147 g/mol. The minimum Gasteiger partial charge on any atom is -0.405 e. The summed E-state index contributed by atoms with van der Waals surface area (Å²) in [7, 11) is 2.00. The summed E-state index contributed by atoms with van der Waals surface area (Å²) in [6, 6.07) is 9.72. The minimum atomic E-state index is 1.75. The van der Waals surface area contributed by atoms with Crippen LogP contribution < -0.4 is 0 Å². The largest absolute Gasteiger partial charge is 0.405 e. The van der Waals surface area contributed by atoms with E-state index in [2.05, 4.69) is 4.98 Å². The molecule has 3 heteroatoms. The number of hydrogen-bond acceptors (Lipinski definition) is 1. The summed E-state index contributed by atoms with van der Waals surface area (Å²) in [6.07, 6.45) is 7.50. The SMILES string of the molecule is Bn1cccc1.c1ccncc1. The van der Waals surface area contributed by atoms with Crippen LogP contribution in [0.15, 0.2) is 55.1 Å². The van der Waals surface area contributed by atoms with Crippen molar-refractivity contribution in [3.8, 4) is 0 Å². The molecule has 2 heterocycles. The van der Waals surface area contributed by atoms with Crippen LogP contribution in [0, 0.1) is 0 Å². The van der Waals surface area contributed by atoms with Crippen molar-refractivity contribution in [1.29, 1.82) is 0 Å². The van der Waals surface area contributed by atoms with Crippen molar-refractivity contribution < 1.29 is 0 Å². The molecule has 0 amide bonds. The van der Waals surface area contributed by atoms with E-state index in [1.165, 1.54) is 0 Å². The highest BCUT2D eigenvalue weighted by Crippen LogP contribution is 1.79. The first-order chi connectivity index (χ1) is 5.89. The Balaban J connectivity index is 0.000000120. The second kappa shape index (κ2) is 5.19. The molecule has 0 aliphatic heterocycles. The third-order valence-electron chi connectivity index (χ3n) is 1.32. The Bertz CT molecular complexity index is 252. The summed E-state index contributed by atoms with van der Waals surface area (Å²) >= 11 is 0. The maximum Gasteiger partial charge on any atom is 0.222 e. The molecule has 60 valence electrons. The second-order valence-electron chi connectivity index (χ2n) is 2.37. The van der Waals surface area contributed by atoms with Gasteiger partial charge in [-0.1, -0.05) is 6.07 Å². The standard InChI is InChI=1S/C5H5N.C4H6BN/c1-2-4-6-5-3-1;5-6-3-1-2-4-6/h1-5H;1-4H,5H2. The highest BCUT2D eigenvalue weighted by atomic mass is 14.8. The fraction of sp³-hybridized carbons (Fsp3) is 0. The summed E-state index contributed by atoms with van der Waals surface area (Å²) in [5.74, 6) is 0. The molecule has 0 aliphatic carbocycles. The Hall–Kier alpha value is -1.51. The van der Waals surface area contributed by atoms with Gasteiger partial charge in [-0.25, -0.2) is 0 Å². The smallest absolute Gasteiger partial charge is 0.222 e. The van der Waals surface area contributed by atoms with Crippen LogP contribution in [-0.2, 0) is 0 Å². The van der Waals surface area contributed by atoms with E-state index in [-0.39, 0.29) is 0 Å². The Kier molecular flexibility index (Phi) is 3.71. The van der Waals surface area contributed by atoms with E-state index < -0.39 is 0 Å². The Morgan fingerprint density at radius 3 is 1.58 bits per heavy atom. The molecule has 2 rings (SSSR count). The third-order valence-corrected chi connectivity index (χ3v) is 1.32. The molecule has 0 radical (unpaired) electrons. The van der Waals surface area contributed by atoms with Crippen LogP contribution in [0.3, 0.4) is 0 Å².